The van der Waals surface area contributed by atoms with Crippen LogP contribution in [-0.2, 0) is 20.7 Å². The number of carbonyl (C=O) groups is 2. The maximum absolute atomic E-state index is 13.0. The summed E-state index contributed by atoms with van der Waals surface area (Å²) in [6, 6.07) is 8.79. The third-order valence-corrected chi connectivity index (χ3v) is 8.74. The van der Waals surface area contributed by atoms with Crippen molar-refractivity contribution in [2.75, 3.05) is 24.7 Å². The summed E-state index contributed by atoms with van der Waals surface area (Å²) in [4.78, 5) is 27.0. The van der Waals surface area contributed by atoms with E-state index in [0.717, 1.165) is 17.1 Å². The highest BCUT2D eigenvalue weighted by Gasteiger charge is 2.49. The summed E-state index contributed by atoms with van der Waals surface area (Å²) in [6.07, 6.45) is 1.07. The molecule has 2 unspecified atom stereocenters. The minimum absolute atomic E-state index is 0.0807. The highest BCUT2D eigenvalue weighted by atomic mass is 32.2. The normalized spacial score (nSPS) is 22.6. The van der Waals surface area contributed by atoms with Crippen molar-refractivity contribution in [3.8, 4) is 0 Å². The molecule has 2 aliphatic rings. The molecule has 2 heterocycles. The minimum Gasteiger partial charge on any atom is -0.465 e. The molecule has 2 N–H and O–H groups in total. The lowest BCUT2D eigenvalue weighted by Gasteiger charge is -2.28. The van der Waals surface area contributed by atoms with Crippen LogP contribution >= 0.6 is 23.5 Å². The van der Waals surface area contributed by atoms with Crippen molar-refractivity contribution in [3.63, 3.8) is 0 Å². The van der Waals surface area contributed by atoms with E-state index >= 15 is 0 Å². The Labute approximate surface area is 181 Å². The van der Waals surface area contributed by atoms with E-state index in [1.807, 2.05) is 53.9 Å². The van der Waals surface area contributed by atoms with E-state index in [4.69, 9.17) is 4.74 Å². The first-order chi connectivity index (χ1) is 13.9. The Hall–Kier alpha value is -1.22. The lowest BCUT2D eigenvalue weighted by atomic mass is 10.0. The fraction of sp³-hybridized carbons (Fsp3) is 0.619. The van der Waals surface area contributed by atoms with E-state index in [1.165, 1.54) is 0 Å². The van der Waals surface area contributed by atoms with Gasteiger partial charge in [-0.05, 0) is 32.3 Å². The molecule has 2 aliphatic heterocycles. The summed E-state index contributed by atoms with van der Waals surface area (Å²) in [6.45, 7) is 4.37. The van der Waals surface area contributed by atoms with Gasteiger partial charge in [0.25, 0.3) is 0 Å². The third kappa shape index (κ3) is 5.69. The number of likely N-dealkylation sites (tertiary alicyclic amines) is 1. The molecule has 1 aromatic rings. The zero-order chi connectivity index (χ0) is 20.9. The number of hydrogen-bond donors (Lipinski definition) is 2. The van der Waals surface area contributed by atoms with Crippen LogP contribution in [0.15, 0.2) is 30.3 Å². The van der Waals surface area contributed by atoms with Crippen LogP contribution in [0.5, 0.6) is 0 Å². The smallest absolute Gasteiger partial charge is 0.323 e. The van der Waals surface area contributed by atoms with Crippen molar-refractivity contribution >= 4 is 35.4 Å². The van der Waals surface area contributed by atoms with E-state index in [9.17, 15) is 14.7 Å². The van der Waals surface area contributed by atoms with E-state index in [0.29, 0.717) is 32.4 Å². The van der Waals surface area contributed by atoms with Crippen LogP contribution in [0.1, 0.15) is 32.3 Å². The zero-order valence-corrected chi connectivity index (χ0v) is 18.6. The van der Waals surface area contributed by atoms with Crippen molar-refractivity contribution in [2.24, 2.45) is 0 Å². The summed E-state index contributed by atoms with van der Waals surface area (Å²) < 4.78 is 5.13. The number of ether oxygens (including phenoxy) is 1. The Morgan fingerprint density at radius 1 is 1.31 bits per heavy atom. The standard InChI is InChI=1S/C21H30N2O4S2/c1-3-27-20(26)17(10-9-16-7-5-4-6-8-16)22-15(2)19(25)23-14-21(13-18(23)24)28-11-12-29-21/h4-8,15,17-18,22,24H,3,9-14H2,1-2H3/t15?,17?,18-/m1/s1. The van der Waals surface area contributed by atoms with Gasteiger partial charge < -0.3 is 14.7 Å². The first kappa shape index (κ1) is 22.5. The number of nitrogens with one attached hydrogen (secondary N) is 1. The van der Waals surface area contributed by atoms with Gasteiger partial charge in [0.05, 0.1) is 16.7 Å². The van der Waals surface area contributed by atoms with E-state index in [1.54, 1.807) is 18.7 Å². The van der Waals surface area contributed by atoms with Crippen molar-refractivity contribution in [1.29, 1.82) is 0 Å². The number of aryl methyl sites for hydroxylation is 1. The number of benzene rings is 1. The monoisotopic (exact) mass is 438 g/mol. The van der Waals surface area contributed by atoms with Crippen LogP contribution in [0, 0.1) is 0 Å². The first-order valence-corrected chi connectivity index (χ1v) is 12.1. The molecule has 1 spiro atoms. The molecule has 0 saturated carbocycles. The maximum Gasteiger partial charge on any atom is 0.323 e. The molecule has 0 aromatic heterocycles. The van der Waals surface area contributed by atoms with Gasteiger partial charge in [-0.25, -0.2) is 0 Å². The van der Waals surface area contributed by atoms with Gasteiger partial charge >= 0.3 is 5.97 Å². The molecule has 6 nitrogen and oxygen atoms in total. The number of amides is 1. The summed E-state index contributed by atoms with van der Waals surface area (Å²) in [5.74, 6) is 1.59. The predicted octanol–water partition coefficient (Wildman–Crippen LogP) is 2.26. The maximum atomic E-state index is 13.0. The van der Waals surface area contributed by atoms with Gasteiger partial charge in [-0.2, -0.15) is 0 Å². The summed E-state index contributed by atoms with van der Waals surface area (Å²) in [5, 5.41) is 13.6. The second-order valence-electron chi connectivity index (χ2n) is 7.48. The molecule has 8 heteroatoms. The molecule has 0 radical (unpaired) electrons. The van der Waals surface area contributed by atoms with Crippen LogP contribution in [0.3, 0.4) is 0 Å². The summed E-state index contributed by atoms with van der Waals surface area (Å²) >= 11 is 3.67. The Kier molecular flexibility index (Phi) is 7.90. The average molecular weight is 439 g/mol. The highest BCUT2D eigenvalue weighted by Crippen LogP contribution is 2.51. The lowest BCUT2D eigenvalue weighted by molar-refractivity contribution is -0.147. The fourth-order valence-corrected chi connectivity index (χ4v) is 7.08. The minimum atomic E-state index is -0.768. The van der Waals surface area contributed by atoms with Crippen LogP contribution in [0.4, 0.5) is 0 Å². The molecule has 2 saturated heterocycles. The number of esters is 1. The number of hydrogen-bond acceptors (Lipinski definition) is 7. The molecule has 3 rings (SSSR count). The Morgan fingerprint density at radius 2 is 2.00 bits per heavy atom. The number of aliphatic hydroxyl groups excluding tert-OH is 1. The van der Waals surface area contributed by atoms with Gasteiger partial charge in [0.15, 0.2) is 0 Å². The molecular weight excluding hydrogens is 408 g/mol. The summed E-state index contributed by atoms with van der Waals surface area (Å²) in [7, 11) is 0. The molecule has 2 fully saturated rings. The van der Waals surface area contributed by atoms with Crippen molar-refractivity contribution in [2.45, 2.75) is 55.5 Å². The molecule has 0 aliphatic carbocycles. The van der Waals surface area contributed by atoms with Crippen LogP contribution in [0.25, 0.3) is 0 Å². The Morgan fingerprint density at radius 3 is 2.66 bits per heavy atom. The second kappa shape index (κ2) is 10.2. The van der Waals surface area contributed by atoms with Gasteiger partial charge in [-0.1, -0.05) is 30.3 Å². The van der Waals surface area contributed by atoms with Crippen LogP contribution in [-0.4, -0.2) is 68.9 Å². The highest BCUT2D eigenvalue weighted by molar-refractivity contribution is 8.21. The lowest BCUT2D eigenvalue weighted by Crippen LogP contribution is -2.52. The SMILES string of the molecule is CCOC(=O)C(CCc1ccccc1)NC(C)C(=O)N1CC2(C[C@H]1O)SCCS2. The van der Waals surface area contributed by atoms with Gasteiger partial charge in [-0.3, -0.25) is 14.9 Å². The number of nitrogens with zero attached hydrogens (tertiary/aromatic N) is 1. The van der Waals surface area contributed by atoms with Gasteiger partial charge in [0.2, 0.25) is 5.91 Å². The summed E-state index contributed by atoms with van der Waals surface area (Å²) in [5.41, 5.74) is 1.13. The molecular formula is C21H30N2O4S2. The fourth-order valence-electron chi connectivity index (χ4n) is 3.84. The zero-order valence-electron chi connectivity index (χ0n) is 17.0. The van der Waals surface area contributed by atoms with Crippen molar-refractivity contribution in [1.82, 2.24) is 10.2 Å². The van der Waals surface area contributed by atoms with Gasteiger partial charge in [-0.15, -0.1) is 23.5 Å². The quantitative estimate of drug-likeness (QED) is 0.603. The second-order valence-corrected chi connectivity index (χ2v) is 10.7. The van der Waals surface area contributed by atoms with Crippen LogP contribution < -0.4 is 5.32 Å². The number of rotatable bonds is 8. The molecule has 3 atom stereocenters. The van der Waals surface area contributed by atoms with Gasteiger partial charge in [0.1, 0.15) is 12.3 Å². The Balaban J connectivity index is 1.61. The Bertz CT molecular complexity index is 697. The van der Waals surface area contributed by atoms with E-state index < -0.39 is 18.3 Å². The van der Waals surface area contributed by atoms with Gasteiger partial charge in [0, 0.05) is 24.5 Å². The average Bonchev–Trinajstić information content (AvgIpc) is 3.31. The third-order valence-electron chi connectivity index (χ3n) is 5.32. The molecule has 160 valence electrons. The van der Waals surface area contributed by atoms with E-state index in [2.05, 4.69) is 5.32 Å². The molecule has 0 bridgehead atoms. The first-order valence-electron chi connectivity index (χ1n) is 10.2. The topological polar surface area (TPSA) is 78.9 Å². The van der Waals surface area contributed by atoms with Crippen LogP contribution in [0.2, 0.25) is 0 Å². The number of thioether (sulfide) groups is 2. The van der Waals surface area contributed by atoms with E-state index in [-0.39, 0.29) is 16.0 Å². The predicted molar refractivity (Wildman–Crippen MR) is 118 cm³/mol. The molecule has 1 aromatic carbocycles. The number of aliphatic hydroxyl groups is 1. The molecule has 29 heavy (non-hydrogen) atoms. The largest absolute Gasteiger partial charge is 0.465 e. The van der Waals surface area contributed by atoms with Crippen molar-refractivity contribution < 1.29 is 19.4 Å². The number of carbonyl (C=O) groups excluding carboxylic acids is 2. The molecule has 1 amide bonds. The van der Waals surface area contributed by atoms with Crippen molar-refractivity contribution in [3.05, 3.63) is 35.9 Å².